The average molecular weight is 272 g/mol. The molecule has 2 heteroatoms. The molecule has 1 aliphatic carbocycles. The van der Waals surface area contributed by atoms with E-state index in [0.29, 0.717) is 6.04 Å². The highest BCUT2D eigenvalue weighted by Gasteiger charge is 2.32. The van der Waals surface area contributed by atoms with E-state index in [9.17, 15) is 0 Å². The highest BCUT2D eigenvalue weighted by molar-refractivity contribution is 5.14. The smallest absolute Gasteiger partial charge is 0.0233 e. The van der Waals surface area contributed by atoms with Gasteiger partial charge in [-0.25, -0.2) is 0 Å². The van der Waals surface area contributed by atoms with Crippen molar-refractivity contribution >= 4 is 0 Å². The number of nitrogens with zero attached hydrogens (tertiary/aromatic N) is 1. The summed E-state index contributed by atoms with van der Waals surface area (Å²) in [5.74, 6) is 1.52. The molecule has 1 aromatic carbocycles. The second-order valence-electron chi connectivity index (χ2n) is 6.74. The van der Waals surface area contributed by atoms with Gasteiger partial charge >= 0.3 is 0 Å². The highest BCUT2D eigenvalue weighted by atomic mass is 15.1. The third kappa shape index (κ3) is 3.42. The lowest BCUT2D eigenvalue weighted by atomic mass is 9.79. The summed E-state index contributed by atoms with van der Waals surface area (Å²) in [6.45, 7) is 3.52. The molecule has 2 N–H and O–H groups in total. The van der Waals surface area contributed by atoms with Gasteiger partial charge in [0.25, 0.3) is 0 Å². The molecule has 1 aromatic rings. The number of nitrogens with two attached hydrogens (primary N) is 1. The van der Waals surface area contributed by atoms with Gasteiger partial charge in [0.1, 0.15) is 0 Å². The van der Waals surface area contributed by atoms with Crippen LogP contribution in [0.15, 0.2) is 30.3 Å². The van der Waals surface area contributed by atoms with E-state index in [-0.39, 0.29) is 0 Å². The summed E-state index contributed by atoms with van der Waals surface area (Å²) in [5, 5.41) is 0. The summed E-state index contributed by atoms with van der Waals surface area (Å²) in [4.78, 5) is 2.59. The summed E-state index contributed by atoms with van der Waals surface area (Å²) in [7, 11) is 0. The van der Waals surface area contributed by atoms with Crippen molar-refractivity contribution in [3.05, 3.63) is 35.9 Å². The van der Waals surface area contributed by atoms with Crippen molar-refractivity contribution in [1.29, 1.82) is 0 Å². The van der Waals surface area contributed by atoms with E-state index < -0.39 is 0 Å². The lowest BCUT2D eigenvalue weighted by Gasteiger charge is -2.31. The molecule has 3 rings (SSSR count). The maximum atomic E-state index is 6.58. The summed E-state index contributed by atoms with van der Waals surface area (Å²) in [5.41, 5.74) is 8.01. The van der Waals surface area contributed by atoms with E-state index in [1.54, 1.807) is 0 Å². The van der Waals surface area contributed by atoms with Gasteiger partial charge in [-0.3, -0.25) is 4.90 Å². The molecular formula is C18H28N2. The van der Waals surface area contributed by atoms with Gasteiger partial charge in [0.15, 0.2) is 0 Å². The predicted octanol–water partition coefficient (Wildman–Crippen LogP) is 3.42. The monoisotopic (exact) mass is 272 g/mol. The van der Waals surface area contributed by atoms with Crippen molar-refractivity contribution in [1.82, 2.24) is 4.90 Å². The van der Waals surface area contributed by atoms with Gasteiger partial charge in [-0.1, -0.05) is 49.6 Å². The van der Waals surface area contributed by atoms with Gasteiger partial charge in [0.2, 0.25) is 0 Å². The first kappa shape index (κ1) is 14.1. The molecular weight excluding hydrogens is 244 g/mol. The van der Waals surface area contributed by atoms with Gasteiger partial charge < -0.3 is 5.73 Å². The van der Waals surface area contributed by atoms with E-state index in [1.165, 1.54) is 57.2 Å². The maximum absolute atomic E-state index is 6.58. The summed E-state index contributed by atoms with van der Waals surface area (Å²) >= 11 is 0. The second kappa shape index (κ2) is 6.73. The zero-order chi connectivity index (χ0) is 13.8. The van der Waals surface area contributed by atoms with Gasteiger partial charge in [0.05, 0.1) is 0 Å². The van der Waals surface area contributed by atoms with E-state index in [0.717, 1.165) is 18.4 Å². The van der Waals surface area contributed by atoms with Crippen molar-refractivity contribution in [3.63, 3.8) is 0 Å². The van der Waals surface area contributed by atoms with E-state index in [4.69, 9.17) is 5.73 Å². The van der Waals surface area contributed by atoms with Crippen LogP contribution in [0.25, 0.3) is 0 Å². The molecule has 2 fully saturated rings. The van der Waals surface area contributed by atoms with Crippen LogP contribution in [-0.2, 0) is 6.54 Å². The van der Waals surface area contributed by atoms with Crippen molar-refractivity contribution in [2.24, 2.45) is 17.6 Å². The molecule has 1 saturated heterocycles. The lowest BCUT2D eigenvalue weighted by molar-refractivity contribution is 0.234. The SMILES string of the molecule is NC(C1CCCCC1)C1CCN(Cc2ccccc2)C1. The van der Waals surface area contributed by atoms with Gasteiger partial charge in [-0.05, 0) is 43.2 Å². The standard InChI is InChI=1S/C18H28N2/c19-18(16-9-5-2-6-10-16)17-11-12-20(14-17)13-15-7-3-1-4-8-15/h1,3-4,7-8,16-18H,2,5-6,9-14,19H2. The van der Waals surface area contributed by atoms with Crippen LogP contribution in [0.4, 0.5) is 0 Å². The Bertz CT molecular complexity index is 397. The minimum Gasteiger partial charge on any atom is -0.327 e. The molecule has 0 radical (unpaired) electrons. The Morgan fingerprint density at radius 3 is 2.50 bits per heavy atom. The zero-order valence-corrected chi connectivity index (χ0v) is 12.5. The Kier molecular flexibility index (Phi) is 4.74. The second-order valence-corrected chi connectivity index (χ2v) is 6.74. The molecule has 1 aliphatic heterocycles. The molecule has 1 saturated carbocycles. The minimum atomic E-state index is 0.441. The Labute approximate surface area is 123 Å². The number of likely N-dealkylation sites (tertiary alicyclic amines) is 1. The Morgan fingerprint density at radius 2 is 1.75 bits per heavy atom. The molecule has 2 atom stereocenters. The molecule has 2 aliphatic rings. The van der Waals surface area contributed by atoms with Crippen LogP contribution in [0.5, 0.6) is 0 Å². The third-order valence-corrected chi connectivity index (χ3v) is 5.30. The molecule has 2 unspecified atom stereocenters. The van der Waals surface area contributed by atoms with E-state index >= 15 is 0 Å². The molecule has 2 nitrogen and oxygen atoms in total. The fourth-order valence-electron chi connectivity index (χ4n) is 4.07. The summed E-state index contributed by atoms with van der Waals surface area (Å²) in [6.07, 6.45) is 8.27. The number of hydrogen-bond acceptors (Lipinski definition) is 2. The molecule has 0 bridgehead atoms. The van der Waals surface area contributed by atoms with Crippen molar-refractivity contribution in [2.45, 2.75) is 51.1 Å². The van der Waals surface area contributed by atoms with E-state index in [1.807, 2.05) is 0 Å². The molecule has 0 spiro atoms. The Balaban J connectivity index is 1.51. The van der Waals surface area contributed by atoms with E-state index in [2.05, 4.69) is 35.2 Å². The van der Waals surface area contributed by atoms with Crippen LogP contribution >= 0.6 is 0 Å². The van der Waals surface area contributed by atoms with Crippen LogP contribution in [0.2, 0.25) is 0 Å². The summed E-state index contributed by atoms with van der Waals surface area (Å²) in [6, 6.07) is 11.3. The Hall–Kier alpha value is -0.860. The zero-order valence-electron chi connectivity index (χ0n) is 12.5. The number of benzene rings is 1. The number of rotatable bonds is 4. The average Bonchev–Trinajstić information content (AvgIpc) is 2.97. The normalized spacial score (nSPS) is 26.8. The molecule has 20 heavy (non-hydrogen) atoms. The first-order valence-electron chi connectivity index (χ1n) is 8.35. The first-order chi connectivity index (χ1) is 9.83. The fourth-order valence-corrected chi connectivity index (χ4v) is 4.07. The van der Waals surface area contributed by atoms with Crippen LogP contribution in [-0.4, -0.2) is 24.0 Å². The fraction of sp³-hybridized carbons (Fsp3) is 0.667. The Morgan fingerprint density at radius 1 is 1.00 bits per heavy atom. The minimum absolute atomic E-state index is 0.441. The molecule has 1 heterocycles. The first-order valence-corrected chi connectivity index (χ1v) is 8.35. The predicted molar refractivity (Wildman–Crippen MR) is 84.4 cm³/mol. The van der Waals surface area contributed by atoms with Crippen LogP contribution in [0.1, 0.15) is 44.1 Å². The van der Waals surface area contributed by atoms with Crippen LogP contribution < -0.4 is 5.73 Å². The van der Waals surface area contributed by atoms with Crippen molar-refractivity contribution in [3.8, 4) is 0 Å². The molecule has 110 valence electrons. The van der Waals surface area contributed by atoms with Gasteiger partial charge in [-0.2, -0.15) is 0 Å². The van der Waals surface area contributed by atoms with Gasteiger partial charge in [-0.15, -0.1) is 0 Å². The van der Waals surface area contributed by atoms with Crippen LogP contribution in [0, 0.1) is 11.8 Å². The largest absolute Gasteiger partial charge is 0.327 e. The van der Waals surface area contributed by atoms with Gasteiger partial charge in [0, 0.05) is 19.1 Å². The third-order valence-electron chi connectivity index (χ3n) is 5.30. The lowest BCUT2D eigenvalue weighted by Crippen LogP contribution is -2.39. The molecule has 0 aromatic heterocycles. The quantitative estimate of drug-likeness (QED) is 0.910. The maximum Gasteiger partial charge on any atom is 0.0233 e. The van der Waals surface area contributed by atoms with Crippen molar-refractivity contribution in [2.75, 3.05) is 13.1 Å². The van der Waals surface area contributed by atoms with Crippen molar-refractivity contribution < 1.29 is 0 Å². The highest BCUT2D eigenvalue weighted by Crippen LogP contribution is 2.32. The number of hydrogen-bond donors (Lipinski definition) is 1. The van der Waals surface area contributed by atoms with Crippen LogP contribution in [0.3, 0.4) is 0 Å². The summed E-state index contributed by atoms with van der Waals surface area (Å²) < 4.78 is 0. The molecule has 0 amide bonds. The topological polar surface area (TPSA) is 29.3 Å².